The molecule has 1 unspecified atom stereocenters. The second-order valence-electron chi connectivity index (χ2n) is 6.00. The number of H-pyrrole nitrogens is 1. The summed E-state index contributed by atoms with van der Waals surface area (Å²) in [5.41, 5.74) is 7.69. The predicted octanol–water partition coefficient (Wildman–Crippen LogP) is 1.39. The average molecular weight is 288 g/mol. The third-order valence-corrected chi connectivity index (χ3v) is 4.47. The lowest BCUT2D eigenvalue weighted by atomic mass is 9.98. The molecule has 1 saturated heterocycles. The first-order valence-electron chi connectivity index (χ1n) is 7.88. The van der Waals surface area contributed by atoms with Crippen molar-refractivity contribution < 1.29 is 0 Å². The largest absolute Gasteiger partial charge is 0.330 e. The molecule has 5 nitrogen and oxygen atoms in total. The van der Waals surface area contributed by atoms with E-state index in [0.29, 0.717) is 5.92 Å². The molecule has 3 rings (SSSR count). The third-order valence-electron chi connectivity index (χ3n) is 4.47. The number of likely N-dealkylation sites (tertiary alicyclic amines) is 1. The van der Waals surface area contributed by atoms with E-state index in [1.807, 2.05) is 28.8 Å². The Balaban J connectivity index is 1.59. The van der Waals surface area contributed by atoms with Gasteiger partial charge in [0.25, 0.3) is 0 Å². The number of aromatic nitrogens is 2. The van der Waals surface area contributed by atoms with Crippen LogP contribution in [0.1, 0.15) is 19.3 Å². The Hall–Kier alpha value is -1.59. The van der Waals surface area contributed by atoms with Crippen LogP contribution in [0.4, 0.5) is 0 Å². The summed E-state index contributed by atoms with van der Waals surface area (Å²) in [5.74, 6) is 0.648. The van der Waals surface area contributed by atoms with Crippen molar-refractivity contribution in [3.8, 4) is 0 Å². The van der Waals surface area contributed by atoms with Crippen molar-refractivity contribution >= 4 is 11.0 Å². The molecule has 0 bridgehead atoms. The monoisotopic (exact) mass is 288 g/mol. The molecule has 1 fully saturated rings. The minimum atomic E-state index is -0.00493. The van der Waals surface area contributed by atoms with E-state index >= 15 is 0 Å². The van der Waals surface area contributed by atoms with Crippen LogP contribution in [0.15, 0.2) is 29.1 Å². The number of rotatable bonds is 5. The molecular weight excluding hydrogens is 264 g/mol. The number of nitrogens with zero attached hydrogens (tertiary/aromatic N) is 2. The van der Waals surface area contributed by atoms with Gasteiger partial charge in [-0.2, -0.15) is 0 Å². The number of piperidine rings is 1. The molecule has 1 aliphatic rings. The van der Waals surface area contributed by atoms with Crippen LogP contribution < -0.4 is 11.4 Å². The third kappa shape index (κ3) is 3.19. The number of aryl methyl sites for hydroxylation is 1. The SMILES string of the molecule is NCC1CCCN(CCCn2c(=O)[nH]c3ccccc32)C1. The second-order valence-corrected chi connectivity index (χ2v) is 6.00. The highest BCUT2D eigenvalue weighted by Gasteiger charge is 2.18. The lowest BCUT2D eigenvalue weighted by Crippen LogP contribution is -2.39. The first-order valence-corrected chi connectivity index (χ1v) is 7.88. The van der Waals surface area contributed by atoms with Gasteiger partial charge in [-0.05, 0) is 56.9 Å². The number of aromatic amines is 1. The minimum Gasteiger partial charge on any atom is -0.330 e. The molecule has 0 radical (unpaired) electrons. The lowest BCUT2D eigenvalue weighted by Gasteiger charge is -2.32. The maximum absolute atomic E-state index is 12.0. The van der Waals surface area contributed by atoms with Crippen molar-refractivity contribution in [3.05, 3.63) is 34.7 Å². The summed E-state index contributed by atoms with van der Waals surface area (Å²) in [5, 5.41) is 0. The van der Waals surface area contributed by atoms with Gasteiger partial charge in [0.15, 0.2) is 0 Å². The molecule has 1 atom stereocenters. The van der Waals surface area contributed by atoms with Gasteiger partial charge in [-0.15, -0.1) is 0 Å². The van der Waals surface area contributed by atoms with Gasteiger partial charge < -0.3 is 15.6 Å². The van der Waals surface area contributed by atoms with E-state index in [0.717, 1.165) is 43.6 Å². The van der Waals surface area contributed by atoms with Gasteiger partial charge in [-0.25, -0.2) is 4.79 Å². The normalized spacial score (nSPS) is 20.1. The van der Waals surface area contributed by atoms with E-state index in [1.165, 1.54) is 19.4 Å². The number of fused-ring (bicyclic) bond motifs is 1. The maximum Gasteiger partial charge on any atom is 0.326 e. The van der Waals surface area contributed by atoms with E-state index in [-0.39, 0.29) is 5.69 Å². The molecule has 2 aromatic rings. The predicted molar refractivity (Wildman–Crippen MR) is 85.4 cm³/mol. The summed E-state index contributed by atoms with van der Waals surface area (Å²) in [4.78, 5) is 17.4. The van der Waals surface area contributed by atoms with E-state index in [9.17, 15) is 4.79 Å². The highest BCUT2D eigenvalue weighted by atomic mass is 16.1. The number of nitrogens with one attached hydrogen (secondary N) is 1. The molecule has 0 amide bonds. The summed E-state index contributed by atoms with van der Waals surface area (Å²) >= 11 is 0. The number of imidazole rings is 1. The molecule has 5 heteroatoms. The Morgan fingerprint density at radius 2 is 2.14 bits per heavy atom. The van der Waals surface area contributed by atoms with Gasteiger partial charge in [-0.1, -0.05) is 12.1 Å². The molecule has 0 spiro atoms. The van der Waals surface area contributed by atoms with Crippen molar-refractivity contribution in [1.82, 2.24) is 14.5 Å². The Morgan fingerprint density at radius 3 is 3.00 bits per heavy atom. The second kappa shape index (κ2) is 6.45. The molecule has 1 aromatic carbocycles. The van der Waals surface area contributed by atoms with E-state index in [1.54, 1.807) is 0 Å². The van der Waals surface area contributed by atoms with Crippen LogP contribution in [0.25, 0.3) is 11.0 Å². The van der Waals surface area contributed by atoms with Gasteiger partial charge in [0.1, 0.15) is 0 Å². The van der Waals surface area contributed by atoms with Gasteiger partial charge >= 0.3 is 5.69 Å². The molecular formula is C16H24N4O. The summed E-state index contributed by atoms with van der Waals surface area (Å²) in [6.07, 6.45) is 3.50. The molecule has 0 saturated carbocycles. The number of para-hydroxylation sites is 2. The van der Waals surface area contributed by atoms with Gasteiger partial charge in [0, 0.05) is 13.1 Å². The van der Waals surface area contributed by atoms with Gasteiger partial charge in [0.2, 0.25) is 0 Å². The zero-order valence-corrected chi connectivity index (χ0v) is 12.4. The smallest absolute Gasteiger partial charge is 0.326 e. The molecule has 21 heavy (non-hydrogen) atoms. The van der Waals surface area contributed by atoms with Crippen LogP contribution in [-0.2, 0) is 6.54 Å². The van der Waals surface area contributed by atoms with Crippen molar-refractivity contribution in [3.63, 3.8) is 0 Å². The minimum absolute atomic E-state index is 0.00493. The quantitative estimate of drug-likeness (QED) is 0.873. The van der Waals surface area contributed by atoms with Crippen LogP contribution in [0, 0.1) is 5.92 Å². The fraction of sp³-hybridized carbons (Fsp3) is 0.562. The van der Waals surface area contributed by atoms with Gasteiger partial charge in [0.05, 0.1) is 11.0 Å². The molecule has 0 aliphatic carbocycles. The highest BCUT2D eigenvalue weighted by molar-refractivity contribution is 5.74. The Morgan fingerprint density at radius 1 is 1.29 bits per heavy atom. The number of hydrogen-bond acceptors (Lipinski definition) is 3. The summed E-state index contributed by atoms with van der Waals surface area (Å²) in [7, 11) is 0. The first-order chi connectivity index (χ1) is 10.3. The van der Waals surface area contributed by atoms with Gasteiger partial charge in [-0.3, -0.25) is 4.57 Å². The molecule has 1 aromatic heterocycles. The molecule has 1 aliphatic heterocycles. The van der Waals surface area contributed by atoms with Crippen LogP contribution >= 0.6 is 0 Å². The average Bonchev–Trinajstić information content (AvgIpc) is 2.83. The lowest BCUT2D eigenvalue weighted by molar-refractivity contribution is 0.174. The van der Waals surface area contributed by atoms with Crippen LogP contribution in [0.5, 0.6) is 0 Å². The van der Waals surface area contributed by atoms with Crippen molar-refractivity contribution in [2.45, 2.75) is 25.8 Å². The van der Waals surface area contributed by atoms with E-state index < -0.39 is 0 Å². The number of benzene rings is 1. The van der Waals surface area contributed by atoms with Crippen molar-refractivity contribution in [2.24, 2.45) is 11.7 Å². The standard InChI is InChI=1S/C16H24N4O/c17-11-13-5-3-8-19(12-13)9-4-10-20-15-7-2-1-6-14(15)18-16(20)21/h1-2,6-7,13H,3-5,8-12,17H2,(H,18,21). The van der Waals surface area contributed by atoms with E-state index in [4.69, 9.17) is 5.73 Å². The number of nitrogens with two attached hydrogens (primary N) is 1. The summed E-state index contributed by atoms with van der Waals surface area (Å²) in [6, 6.07) is 7.87. The Kier molecular flexibility index (Phi) is 4.41. The topological polar surface area (TPSA) is 67.0 Å². The first kappa shape index (κ1) is 14.4. The fourth-order valence-electron chi connectivity index (χ4n) is 3.33. The highest BCUT2D eigenvalue weighted by Crippen LogP contribution is 2.15. The van der Waals surface area contributed by atoms with Crippen LogP contribution in [0.2, 0.25) is 0 Å². The molecule has 114 valence electrons. The summed E-state index contributed by atoms with van der Waals surface area (Å²) < 4.78 is 1.85. The fourth-order valence-corrected chi connectivity index (χ4v) is 3.33. The molecule has 3 N–H and O–H groups in total. The van der Waals surface area contributed by atoms with Crippen LogP contribution in [-0.4, -0.2) is 40.6 Å². The number of hydrogen-bond donors (Lipinski definition) is 2. The Bertz CT molecular complexity index is 645. The van der Waals surface area contributed by atoms with E-state index in [2.05, 4.69) is 9.88 Å². The molecule has 2 heterocycles. The zero-order valence-electron chi connectivity index (χ0n) is 12.4. The van der Waals surface area contributed by atoms with Crippen LogP contribution in [0.3, 0.4) is 0 Å². The van der Waals surface area contributed by atoms with Crippen molar-refractivity contribution in [1.29, 1.82) is 0 Å². The van der Waals surface area contributed by atoms with Crippen molar-refractivity contribution in [2.75, 3.05) is 26.2 Å². The summed E-state index contributed by atoms with van der Waals surface area (Å²) in [6.45, 7) is 4.88. The Labute approximate surface area is 124 Å². The zero-order chi connectivity index (χ0) is 14.7. The maximum atomic E-state index is 12.0.